The molecule has 0 fully saturated rings. The van der Waals surface area contributed by atoms with Crippen molar-refractivity contribution in [3.8, 4) is 11.4 Å². The molecule has 1 aromatic heterocycles. The molecule has 0 amide bonds. The Morgan fingerprint density at radius 1 is 1.15 bits per heavy atom. The van der Waals surface area contributed by atoms with Crippen LogP contribution in [0.25, 0.3) is 5.69 Å². The lowest BCUT2D eigenvalue weighted by Gasteiger charge is -2.20. The summed E-state index contributed by atoms with van der Waals surface area (Å²) in [5.74, 6) is -0.278. The molecule has 3 rings (SSSR count). The van der Waals surface area contributed by atoms with Crippen LogP contribution in [0.3, 0.4) is 0 Å². The molecule has 0 spiro atoms. The van der Waals surface area contributed by atoms with Crippen molar-refractivity contribution in [1.82, 2.24) is 14.7 Å². The second-order valence-corrected chi connectivity index (χ2v) is 6.22. The van der Waals surface area contributed by atoms with E-state index in [-0.39, 0.29) is 12.4 Å². The van der Waals surface area contributed by atoms with Gasteiger partial charge in [0.25, 0.3) is 0 Å². The highest BCUT2D eigenvalue weighted by atomic mass is 19.1. The standard InChI is InChI=1S/C20H22FN3O2/c1-23(14-18(25)15-26-20-10-6-5-9-19(20)21)12-16-11-22-24(13-16)17-7-3-2-4-8-17/h2-11,13,18,25H,12,14-15H2,1H3. The third-order valence-electron chi connectivity index (χ3n) is 3.90. The maximum atomic E-state index is 13.5. The number of aliphatic hydroxyl groups is 1. The highest BCUT2D eigenvalue weighted by Crippen LogP contribution is 2.15. The summed E-state index contributed by atoms with van der Waals surface area (Å²) in [6.45, 7) is 1.09. The molecule has 0 aliphatic rings. The molecule has 0 aliphatic heterocycles. The van der Waals surface area contributed by atoms with Gasteiger partial charge >= 0.3 is 0 Å². The summed E-state index contributed by atoms with van der Waals surface area (Å²) in [4.78, 5) is 1.97. The molecule has 0 saturated carbocycles. The van der Waals surface area contributed by atoms with Gasteiger partial charge in [-0.25, -0.2) is 9.07 Å². The van der Waals surface area contributed by atoms with Crippen molar-refractivity contribution in [3.63, 3.8) is 0 Å². The van der Waals surface area contributed by atoms with Crippen LogP contribution < -0.4 is 4.74 Å². The van der Waals surface area contributed by atoms with Crippen LogP contribution in [0.1, 0.15) is 5.56 Å². The van der Waals surface area contributed by atoms with Crippen LogP contribution >= 0.6 is 0 Å². The topological polar surface area (TPSA) is 50.5 Å². The van der Waals surface area contributed by atoms with Gasteiger partial charge in [0.05, 0.1) is 11.9 Å². The molecule has 6 heteroatoms. The molecule has 0 saturated heterocycles. The molecule has 2 aromatic carbocycles. The number of rotatable bonds is 8. The average molecular weight is 355 g/mol. The minimum absolute atomic E-state index is 0.0363. The number of ether oxygens (including phenoxy) is 1. The number of hydrogen-bond acceptors (Lipinski definition) is 4. The summed E-state index contributed by atoms with van der Waals surface area (Å²) in [6.07, 6.45) is 3.06. The fourth-order valence-corrected chi connectivity index (χ4v) is 2.70. The highest BCUT2D eigenvalue weighted by Gasteiger charge is 2.12. The van der Waals surface area contributed by atoms with Crippen LogP contribution in [0.4, 0.5) is 4.39 Å². The van der Waals surface area contributed by atoms with E-state index < -0.39 is 11.9 Å². The van der Waals surface area contributed by atoms with Crippen molar-refractivity contribution in [2.75, 3.05) is 20.2 Å². The largest absolute Gasteiger partial charge is 0.488 e. The zero-order chi connectivity index (χ0) is 18.4. The number of likely N-dealkylation sites (N-methyl/N-ethyl adjacent to an activating group) is 1. The number of nitrogens with zero attached hydrogens (tertiary/aromatic N) is 3. The fourth-order valence-electron chi connectivity index (χ4n) is 2.70. The summed E-state index contributed by atoms with van der Waals surface area (Å²) in [6, 6.07) is 16.1. The predicted molar refractivity (Wildman–Crippen MR) is 97.8 cm³/mol. The van der Waals surface area contributed by atoms with Crippen LogP contribution in [0.15, 0.2) is 67.0 Å². The molecule has 3 aromatic rings. The van der Waals surface area contributed by atoms with Crippen LogP contribution in [0, 0.1) is 5.82 Å². The van der Waals surface area contributed by atoms with Crippen molar-refractivity contribution in [2.45, 2.75) is 12.6 Å². The SMILES string of the molecule is CN(Cc1cnn(-c2ccccc2)c1)CC(O)COc1ccccc1F. The Balaban J connectivity index is 1.48. The van der Waals surface area contributed by atoms with E-state index in [1.165, 1.54) is 6.07 Å². The van der Waals surface area contributed by atoms with Gasteiger partial charge in [-0.3, -0.25) is 4.90 Å². The van der Waals surface area contributed by atoms with Gasteiger partial charge in [-0.1, -0.05) is 30.3 Å². The molecule has 1 heterocycles. The zero-order valence-electron chi connectivity index (χ0n) is 14.6. The van der Waals surface area contributed by atoms with E-state index >= 15 is 0 Å². The van der Waals surface area contributed by atoms with Crippen LogP contribution in [0.5, 0.6) is 5.75 Å². The van der Waals surface area contributed by atoms with Crippen LogP contribution in [-0.2, 0) is 6.54 Å². The Hall–Kier alpha value is -2.70. The van der Waals surface area contributed by atoms with Crippen molar-refractivity contribution in [1.29, 1.82) is 0 Å². The summed E-state index contributed by atoms with van der Waals surface area (Å²) in [5.41, 5.74) is 2.04. The van der Waals surface area contributed by atoms with Gasteiger partial charge in [-0.05, 0) is 31.3 Å². The first-order chi connectivity index (χ1) is 12.6. The Labute approximate surface area is 152 Å². The van der Waals surface area contributed by atoms with Gasteiger partial charge in [-0.2, -0.15) is 5.10 Å². The van der Waals surface area contributed by atoms with Crippen LogP contribution in [-0.4, -0.2) is 46.1 Å². The molecule has 1 atom stereocenters. The molecular formula is C20H22FN3O2. The second kappa shape index (κ2) is 8.60. The minimum Gasteiger partial charge on any atom is -0.488 e. The monoisotopic (exact) mass is 355 g/mol. The Kier molecular flexibility index (Phi) is 5.99. The molecule has 0 radical (unpaired) electrons. The van der Waals surface area contributed by atoms with Gasteiger partial charge in [0, 0.05) is 24.8 Å². The number of aromatic nitrogens is 2. The minimum atomic E-state index is -0.719. The number of para-hydroxylation sites is 2. The van der Waals surface area contributed by atoms with Gasteiger partial charge < -0.3 is 9.84 Å². The van der Waals surface area contributed by atoms with Crippen molar-refractivity contribution in [2.24, 2.45) is 0 Å². The molecular weight excluding hydrogens is 333 g/mol. The van der Waals surface area contributed by atoms with Crippen molar-refractivity contribution in [3.05, 3.63) is 78.4 Å². The van der Waals surface area contributed by atoms with Crippen LogP contribution in [0.2, 0.25) is 0 Å². The highest BCUT2D eigenvalue weighted by molar-refractivity contribution is 5.30. The first kappa shape index (κ1) is 18.1. The summed E-state index contributed by atoms with van der Waals surface area (Å²) >= 11 is 0. The molecule has 0 aliphatic carbocycles. The van der Waals surface area contributed by atoms with E-state index in [1.807, 2.05) is 59.4 Å². The predicted octanol–water partition coefficient (Wildman–Crippen LogP) is 2.88. The Morgan fingerprint density at radius 3 is 2.65 bits per heavy atom. The smallest absolute Gasteiger partial charge is 0.165 e. The van der Waals surface area contributed by atoms with Gasteiger partial charge in [-0.15, -0.1) is 0 Å². The van der Waals surface area contributed by atoms with Crippen molar-refractivity contribution < 1.29 is 14.2 Å². The Bertz CT molecular complexity index is 823. The molecule has 0 bridgehead atoms. The lowest BCUT2D eigenvalue weighted by molar-refractivity contribution is 0.0728. The molecule has 26 heavy (non-hydrogen) atoms. The lowest BCUT2D eigenvalue weighted by Crippen LogP contribution is -2.32. The van der Waals surface area contributed by atoms with Crippen molar-refractivity contribution >= 4 is 0 Å². The zero-order valence-corrected chi connectivity index (χ0v) is 14.6. The normalized spacial score (nSPS) is 12.3. The first-order valence-electron chi connectivity index (χ1n) is 8.45. The average Bonchev–Trinajstić information content (AvgIpc) is 3.10. The summed E-state index contributed by atoms with van der Waals surface area (Å²) in [5, 5.41) is 14.5. The second-order valence-electron chi connectivity index (χ2n) is 6.22. The van der Waals surface area contributed by atoms with E-state index in [1.54, 1.807) is 18.2 Å². The third kappa shape index (κ3) is 4.91. The summed E-state index contributed by atoms with van der Waals surface area (Å²) in [7, 11) is 1.91. The van der Waals surface area contributed by atoms with Gasteiger partial charge in [0.2, 0.25) is 0 Å². The van der Waals surface area contributed by atoms with Gasteiger partial charge in [0.15, 0.2) is 11.6 Å². The Morgan fingerprint density at radius 2 is 1.88 bits per heavy atom. The number of aliphatic hydroxyl groups excluding tert-OH is 1. The number of hydrogen-bond donors (Lipinski definition) is 1. The van der Waals surface area contributed by atoms with E-state index in [4.69, 9.17) is 4.74 Å². The molecule has 136 valence electrons. The van der Waals surface area contributed by atoms with E-state index in [0.29, 0.717) is 13.1 Å². The first-order valence-corrected chi connectivity index (χ1v) is 8.45. The van der Waals surface area contributed by atoms with E-state index in [0.717, 1.165) is 11.3 Å². The molecule has 1 N–H and O–H groups in total. The maximum Gasteiger partial charge on any atom is 0.165 e. The third-order valence-corrected chi connectivity index (χ3v) is 3.90. The molecule has 5 nitrogen and oxygen atoms in total. The number of benzene rings is 2. The van der Waals surface area contributed by atoms with E-state index in [2.05, 4.69) is 5.10 Å². The summed E-state index contributed by atoms with van der Waals surface area (Å²) < 4.78 is 20.7. The lowest BCUT2D eigenvalue weighted by atomic mass is 10.3. The van der Waals surface area contributed by atoms with E-state index in [9.17, 15) is 9.50 Å². The van der Waals surface area contributed by atoms with Gasteiger partial charge in [0.1, 0.15) is 12.7 Å². The number of halogens is 1. The quantitative estimate of drug-likeness (QED) is 0.675. The maximum absolute atomic E-state index is 13.5. The molecule has 1 unspecified atom stereocenters. The fraction of sp³-hybridized carbons (Fsp3) is 0.250.